The maximum absolute atomic E-state index is 10.7. The minimum atomic E-state index is -2.12. The molecule has 0 bridgehead atoms. The molecule has 0 radical (unpaired) electrons. The third-order valence-corrected chi connectivity index (χ3v) is 2.28. The van der Waals surface area contributed by atoms with Crippen LogP contribution >= 0.6 is 0 Å². The molecule has 0 fully saturated rings. The minimum absolute atomic E-state index is 0.189. The molecule has 1 aromatic carbocycles. The van der Waals surface area contributed by atoms with Gasteiger partial charge >= 0.3 is 5.97 Å². The summed E-state index contributed by atoms with van der Waals surface area (Å²) >= 11 is 0. The van der Waals surface area contributed by atoms with Gasteiger partial charge in [0.05, 0.1) is 4.92 Å². The van der Waals surface area contributed by atoms with Crippen LogP contribution in [0.3, 0.4) is 0 Å². The summed E-state index contributed by atoms with van der Waals surface area (Å²) in [6.45, 7) is 0. The molecule has 0 aliphatic heterocycles. The Hall–Kier alpha value is -2.32. The van der Waals surface area contributed by atoms with Crippen LogP contribution in [0.4, 0.5) is 5.69 Å². The summed E-state index contributed by atoms with van der Waals surface area (Å²) in [5.74, 6) is -1.67. The molecule has 18 heavy (non-hydrogen) atoms. The number of nitro benzene ring substituents is 1. The van der Waals surface area contributed by atoms with Crippen molar-refractivity contribution in [3.05, 3.63) is 39.4 Å². The predicted octanol–water partition coefficient (Wildman–Crippen LogP) is -0.114. The topological polar surface area (TPSA) is 138 Å². The van der Waals surface area contributed by atoms with Crippen molar-refractivity contribution in [1.82, 2.24) is 0 Å². The van der Waals surface area contributed by atoms with Gasteiger partial charge in [0.25, 0.3) is 5.69 Å². The van der Waals surface area contributed by atoms with E-state index in [1.165, 1.54) is 0 Å². The van der Waals surface area contributed by atoms with Crippen LogP contribution in [-0.4, -0.2) is 38.6 Å². The number of aliphatic hydroxyl groups is 2. The first-order valence-corrected chi connectivity index (χ1v) is 4.71. The van der Waals surface area contributed by atoms with Crippen molar-refractivity contribution in [1.29, 1.82) is 0 Å². The summed E-state index contributed by atoms with van der Waals surface area (Å²) in [6, 6.07) is 2.92. The zero-order valence-electron chi connectivity index (χ0n) is 8.89. The largest absolute Gasteiger partial charge is 0.479 e. The number of non-ortho nitro benzene ring substituents is 1. The second-order valence-electron chi connectivity index (χ2n) is 3.42. The number of rotatable bonds is 5. The number of hydrogen-bond donors (Lipinski definition) is 3. The first-order chi connectivity index (χ1) is 8.38. The second-order valence-corrected chi connectivity index (χ2v) is 3.42. The van der Waals surface area contributed by atoms with Crippen LogP contribution < -0.4 is 0 Å². The summed E-state index contributed by atoms with van der Waals surface area (Å²) in [5, 5.41) is 37.7. The van der Waals surface area contributed by atoms with E-state index in [4.69, 9.17) is 10.2 Å². The van der Waals surface area contributed by atoms with Crippen LogP contribution in [0, 0.1) is 10.1 Å². The summed E-state index contributed by atoms with van der Waals surface area (Å²) in [5.41, 5.74) is -0.819. The average molecular weight is 255 g/mol. The molecule has 8 nitrogen and oxygen atoms in total. The fourth-order valence-corrected chi connectivity index (χ4v) is 1.35. The number of aldehydes is 1. The van der Waals surface area contributed by atoms with Crippen molar-refractivity contribution >= 4 is 17.9 Å². The molecule has 3 N–H and O–H groups in total. The number of carbonyl (C=O) groups is 2. The first-order valence-electron chi connectivity index (χ1n) is 4.71. The van der Waals surface area contributed by atoms with Gasteiger partial charge in [-0.25, -0.2) is 4.79 Å². The molecule has 0 spiro atoms. The fraction of sp³-hybridized carbons (Fsp3) is 0.200. The lowest BCUT2D eigenvalue weighted by molar-refractivity contribution is -0.384. The van der Waals surface area contributed by atoms with Gasteiger partial charge in [-0.2, -0.15) is 0 Å². The smallest absolute Gasteiger partial charge is 0.335 e. The van der Waals surface area contributed by atoms with E-state index < -0.39 is 23.1 Å². The van der Waals surface area contributed by atoms with Crippen LogP contribution in [0.1, 0.15) is 22.0 Å². The Morgan fingerprint density at radius 3 is 2.44 bits per heavy atom. The van der Waals surface area contributed by atoms with E-state index in [1.54, 1.807) is 0 Å². The number of nitrogens with zero attached hydrogens (tertiary/aromatic N) is 1. The molecular weight excluding hydrogens is 246 g/mol. The Balaban J connectivity index is 3.21. The summed E-state index contributed by atoms with van der Waals surface area (Å²) < 4.78 is 0. The summed E-state index contributed by atoms with van der Waals surface area (Å²) in [4.78, 5) is 31.0. The van der Waals surface area contributed by atoms with Crippen LogP contribution in [0.25, 0.3) is 0 Å². The van der Waals surface area contributed by atoms with E-state index >= 15 is 0 Å². The second kappa shape index (κ2) is 5.34. The first kappa shape index (κ1) is 13.7. The molecule has 0 heterocycles. The molecule has 1 aromatic rings. The van der Waals surface area contributed by atoms with Crippen LogP contribution in [-0.2, 0) is 4.79 Å². The van der Waals surface area contributed by atoms with Gasteiger partial charge in [0.2, 0.25) is 0 Å². The molecule has 0 amide bonds. The normalized spacial score (nSPS) is 13.7. The number of nitro groups is 1. The standard InChI is InChI=1S/C10H9NO7/c12-4-5-3-6(11(17)18)1-2-7(5)8(13)9(14)10(15)16/h1-4,8-9,13-14H,(H,15,16). The maximum Gasteiger partial charge on any atom is 0.335 e. The van der Waals surface area contributed by atoms with Gasteiger partial charge < -0.3 is 15.3 Å². The van der Waals surface area contributed by atoms with Crippen molar-refractivity contribution in [3.63, 3.8) is 0 Å². The SMILES string of the molecule is O=Cc1cc([N+](=O)[O-])ccc1C(O)C(O)C(=O)O. The number of hydrogen-bond acceptors (Lipinski definition) is 6. The van der Waals surface area contributed by atoms with Gasteiger partial charge in [-0.3, -0.25) is 14.9 Å². The quantitative estimate of drug-likeness (QED) is 0.379. The summed E-state index contributed by atoms with van der Waals surface area (Å²) in [6.07, 6.45) is -3.73. The monoisotopic (exact) mass is 255 g/mol. The summed E-state index contributed by atoms with van der Waals surface area (Å²) in [7, 11) is 0. The third kappa shape index (κ3) is 2.67. The van der Waals surface area contributed by atoms with E-state index in [0.29, 0.717) is 0 Å². The average Bonchev–Trinajstić information content (AvgIpc) is 2.35. The molecule has 2 unspecified atom stereocenters. The molecule has 0 aromatic heterocycles. The van der Waals surface area contributed by atoms with Gasteiger partial charge in [0, 0.05) is 17.7 Å². The molecule has 2 atom stereocenters. The highest BCUT2D eigenvalue weighted by molar-refractivity contribution is 5.80. The zero-order chi connectivity index (χ0) is 13.9. The Morgan fingerprint density at radius 2 is 2.00 bits per heavy atom. The van der Waals surface area contributed by atoms with E-state index in [2.05, 4.69) is 0 Å². The van der Waals surface area contributed by atoms with Crippen molar-refractivity contribution < 1.29 is 29.8 Å². The number of carboxylic acid groups (broad SMARTS) is 1. The molecule has 1 rings (SSSR count). The lowest BCUT2D eigenvalue weighted by atomic mass is 9.98. The molecule has 8 heteroatoms. The Morgan fingerprint density at radius 1 is 1.39 bits per heavy atom. The lowest BCUT2D eigenvalue weighted by Gasteiger charge is -2.15. The minimum Gasteiger partial charge on any atom is -0.479 e. The highest BCUT2D eigenvalue weighted by Gasteiger charge is 2.27. The van der Waals surface area contributed by atoms with E-state index in [-0.39, 0.29) is 23.1 Å². The zero-order valence-corrected chi connectivity index (χ0v) is 8.89. The molecular formula is C10H9NO7. The van der Waals surface area contributed by atoms with Gasteiger partial charge in [0.15, 0.2) is 12.4 Å². The molecule has 0 saturated carbocycles. The highest BCUT2D eigenvalue weighted by atomic mass is 16.6. The Labute approximate surface area is 100 Å². The van der Waals surface area contributed by atoms with Gasteiger partial charge in [0.1, 0.15) is 6.10 Å². The molecule has 0 saturated heterocycles. The van der Waals surface area contributed by atoms with Gasteiger partial charge in [-0.1, -0.05) is 0 Å². The third-order valence-electron chi connectivity index (χ3n) is 2.28. The van der Waals surface area contributed by atoms with Crippen molar-refractivity contribution in [3.8, 4) is 0 Å². The van der Waals surface area contributed by atoms with Gasteiger partial charge in [-0.15, -0.1) is 0 Å². The lowest BCUT2D eigenvalue weighted by Crippen LogP contribution is -2.28. The number of carbonyl (C=O) groups excluding carboxylic acids is 1. The number of aliphatic carboxylic acids is 1. The Bertz CT molecular complexity index is 499. The number of benzene rings is 1. The highest BCUT2D eigenvalue weighted by Crippen LogP contribution is 2.24. The fourth-order valence-electron chi connectivity index (χ4n) is 1.35. The van der Waals surface area contributed by atoms with Crippen molar-refractivity contribution in [2.45, 2.75) is 12.2 Å². The predicted molar refractivity (Wildman–Crippen MR) is 57.1 cm³/mol. The van der Waals surface area contributed by atoms with Crippen LogP contribution in [0.5, 0.6) is 0 Å². The molecule has 0 aliphatic rings. The molecule has 96 valence electrons. The van der Waals surface area contributed by atoms with E-state index in [9.17, 15) is 24.8 Å². The van der Waals surface area contributed by atoms with Crippen LogP contribution in [0.15, 0.2) is 18.2 Å². The van der Waals surface area contributed by atoms with Gasteiger partial charge in [-0.05, 0) is 11.6 Å². The number of aliphatic hydroxyl groups excluding tert-OH is 2. The maximum atomic E-state index is 10.7. The Kier molecular flexibility index (Phi) is 4.08. The van der Waals surface area contributed by atoms with E-state index in [0.717, 1.165) is 18.2 Å². The van der Waals surface area contributed by atoms with Crippen LogP contribution in [0.2, 0.25) is 0 Å². The van der Waals surface area contributed by atoms with Crippen molar-refractivity contribution in [2.24, 2.45) is 0 Å². The van der Waals surface area contributed by atoms with Crippen molar-refractivity contribution in [2.75, 3.05) is 0 Å². The number of carboxylic acids is 1. The van der Waals surface area contributed by atoms with E-state index in [1.807, 2.05) is 0 Å². The molecule has 0 aliphatic carbocycles.